The first-order chi connectivity index (χ1) is 8.16. The monoisotopic (exact) mass is 232 g/mol. The number of aromatic nitrogens is 2. The Morgan fingerprint density at radius 1 is 1.41 bits per heavy atom. The maximum atomic E-state index is 10.8. The molecule has 2 aromatic rings. The second-order valence-electron chi connectivity index (χ2n) is 4.29. The van der Waals surface area contributed by atoms with Crippen LogP contribution in [0.2, 0.25) is 0 Å². The zero-order valence-electron chi connectivity index (χ0n) is 9.22. The van der Waals surface area contributed by atoms with Gasteiger partial charge in [0.05, 0.1) is 16.0 Å². The molecule has 88 valence electrons. The SMILES string of the molecule is Nc1cc2c(cc1[N+](=O)[O-])nc1n2CCCC1. The summed E-state index contributed by atoms with van der Waals surface area (Å²) in [5.41, 5.74) is 7.41. The molecule has 2 heterocycles. The predicted octanol–water partition coefficient (Wildman–Crippen LogP) is 1.86. The number of nitro benzene ring substituents is 1. The molecule has 0 aliphatic carbocycles. The Balaban J connectivity index is 2.28. The third-order valence-electron chi connectivity index (χ3n) is 3.20. The number of nitrogens with zero attached hydrogens (tertiary/aromatic N) is 3. The first-order valence-electron chi connectivity index (χ1n) is 5.60. The van der Waals surface area contributed by atoms with E-state index in [0.29, 0.717) is 5.52 Å². The number of aryl methyl sites for hydroxylation is 2. The highest BCUT2D eigenvalue weighted by Gasteiger charge is 2.19. The fourth-order valence-electron chi connectivity index (χ4n) is 2.38. The van der Waals surface area contributed by atoms with Gasteiger partial charge in [-0.2, -0.15) is 0 Å². The number of nitro groups is 1. The van der Waals surface area contributed by atoms with Gasteiger partial charge in [0.2, 0.25) is 0 Å². The maximum Gasteiger partial charge on any atom is 0.294 e. The number of hydrogen-bond donors (Lipinski definition) is 1. The molecule has 1 aromatic heterocycles. The van der Waals surface area contributed by atoms with E-state index >= 15 is 0 Å². The molecule has 0 amide bonds. The van der Waals surface area contributed by atoms with Crippen molar-refractivity contribution in [3.05, 3.63) is 28.1 Å². The molecule has 17 heavy (non-hydrogen) atoms. The fraction of sp³-hybridized carbons (Fsp3) is 0.364. The minimum absolute atomic E-state index is 0.0621. The van der Waals surface area contributed by atoms with Gasteiger partial charge in [-0.1, -0.05) is 0 Å². The van der Waals surface area contributed by atoms with E-state index in [1.165, 1.54) is 6.07 Å². The number of nitrogens with two attached hydrogens (primary N) is 1. The molecular formula is C11H12N4O2. The van der Waals surface area contributed by atoms with Crippen molar-refractivity contribution >= 4 is 22.4 Å². The summed E-state index contributed by atoms with van der Waals surface area (Å²) in [6, 6.07) is 3.13. The molecular weight excluding hydrogens is 220 g/mol. The molecule has 0 saturated heterocycles. The van der Waals surface area contributed by atoms with Crippen LogP contribution in [0.1, 0.15) is 18.7 Å². The summed E-state index contributed by atoms with van der Waals surface area (Å²) in [4.78, 5) is 14.8. The molecule has 0 spiro atoms. The van der Waals surface area contributed by atoms with E-state index in [-0.39, 0.29) is 11.4 Å². The number of imidazole rings is 1. The summed E-state index contributed by atoms with van der Waals surface area (Å²) in [6.45, 7) is 0.920. The highest BCUT2D eigenvalue weighted by Crippen LogP contribution is 2.30. The second-order valence-corrected chi connectivity index (χ2v) is 4.29. The Labute approximate surface area is 97.2 Å². The van der Waals surface area contributed by atoms with E-state index in [4.69, 9.17) is 5.73 Å². The highest BCUT2D eigenvalue weighted by molar-refractivity contribution is 5.85. The maximum absolute atomic E-state index is 10.8. The van der Waals surface area contributed by atoms with Crippen LogP contribution >= 0.6 is 0 Å². The summed E-state index contributed by atoms with van der Waals surface area (Å²) < 4.78 is 2.11. The number of fused-ring (bicyclic) bond motifs is 3. The van der Waals surface area contributed by atoms with E-state index in [2.05, 4.69) is 9.55 Å². The van der Waals surface area contributed by atoms with Crippen molar-refractivity contribution in [2.75, 3.05) is 5.73 Å². The lowest BCUT2D eigenvalue weighted by molar-refractivity contribution is -0.383. The Bertz CT molecular complexity index is 617. The van der Waals surface area contributed by atoms with Crippen molar-refractivity contribution in [3.63, 3.8) is 0 Å². The van der Waals surface area contributed by atoms with Crippen molar-refractivity contribution in [2.45, 2.75) is 25.8 Å². The quantitative estimate of drug-likeness (QED) is 0.462. The molecule has 1 aliphatic heterocycles. The van der Waals surface area contributed by atoms with Crippen molar-refractivity contribution in [1.82, 2.24) is 9.55 Å². The Morgan fingerprint density at radius 2 is 2.24 bits per heavy atom. The third kappa shape index (κ3) is 1.44. The average Bonchev–Trinajstić information content (AvgIpc) is 2.65. The normalized spacial score (nSPS) is 14.8. The van der Waals surface area contributed by atoms with Crippen LogP contribution in [0.4, 0.5) is 11.4 Å². The standard InChI is InChI=1S/C11H12N4O2/c12-7-5-10-8(6-9(7)15(16)17)13-11-3-1-2-4-14(10)11/h5-6H,1-4,12H2. The average molecular weight is 232 g/mol. The summed E-state index contributed by atoms with van der Waals surface area (Å²) in [7, 11) is 0. The summed E-state index contributed by atoms with van der Waals surface area (Å²) in [5, 5.41) is 10.8. The zero-order chi connectivity index (χ0) is 12.0. The molecule has 0 saturated carbocycles. The van der Waals surface area contributed by atoms with E-state index in [9.17, 15) is 10.1 Å². The number of anilines is 1. The van der Waals surface area contributed by atoms with Crippen LogP contribution in [0.3, 0.4) is 0 Å². The molecule has 0 atom stereocenters. The van der Waals surface area contributed by atoms with Gasteiger partial charge in [0.15, 0.2) is 0 Å². The minimum atomic E-state index is -0.465. The summed E-state index contributed by atoms with van der Waals surface area (Å²) >= 11 is 0. The van der Waals surface area contributed by atoms with Gasteiger partial charge < -0.3 is 10.3 Å². The Kier molecular flexibility index (Phi) is 2.04. The van der Waals surface area contributed by atoms with E-state index in [1.807, 2.05) is 0 Å². The number of hydrogen-bond acceptors (Lipinski definition) is 4. The van der Waals surface area contributed by atoms with Gasteiger partial charge >= 0.3 is 0 Å². The van der Waals surface area contributed by atoms with E-state index in [1.54, 1.807) is 6.07 Å². The molecule has 0 fully saturated rings. The molecule has 6 heteroatoms. The van der Waals surface area contributed by atoms with Gasteiger partial charge in [0, 0.05) is 19.0 Å². The zero-order valence-corrected chi connectivity index (χ0v) is 9.22. The Morgan fingerprint density at radius 3 is 3.00 bits per heavy atom. The van der Waals surface area contributed by atoms with Gasteiger partial charge in [0.1, 0.15) is 11.5 Å². The van der Waals surface area contributed by atoms with Crippen molar-refractivity contribution in [2.24, 2.45) is 0 Å². The topological polar surface area (TPSA) is 87.0 Å². The van der Waals surface area contributed by atoms with E-state index in [0.717, 1.165) is 37.1 Å². The lowest BCUT2D eigenvalue weighted by Crippen LogP contribution is -2.10. The largest absolute Gasteiger partial charge is 0.393 e. The number of rotatable bonds is 1. The first kappa shape index (κ1) is 10.1. The molecule has 3 rings (SSSR count). The van der Waals surface area contributed by atoms with Crippen LogP contribution in [0.15, 0.2) is 12.1 Å². The molecule has 0 radical (unpaired) electrons. The van der Waals surface area contributed by atoms with Crippen molar-refractivity contribution in [1.29, 1.82) is 0 Å². The lowest BCUT2D eigenvalue weighted by atomic mass is 10.1. The lowest BCUT2D eigenvalue weighted by Gasteiger charge is -2.13. The van der Waals surface area contributed by atoms with Crippen LogP contribution in [-0.2, 0) is 13.0 Å². The molecule has 0 bridgehead atoms. The van der Waals surface area contributed by atoms with Crippen molar-refractivity contribution in [3.8, 4) is 0 Å². The number of nitrogen functional groups attached to an aromatic ring is 1. The van der Waals surface area contributed by atoms with Crippen LogP contribution in [0.25, 0.3) is 11.0 Å². The van der Waals surface area contributed by atoms with Gasteiger partial charge in [0.25, 0.3) is 5.69 Å². The van der Waals surface area contributed by atoms with Crippen LogP contribution in [-0.4, -0.2) is 14.5 Å². The molecule has 2 N–H and O–H groups in total. The summed E-state index contributed by atoms with van der Waals surface area (Å²) in [6.07, 6.45) is 3.18. The third-order valence-corrected chi connectivity index (χ3v) is 3.20. The molecule has 6 nitrogen and oxygen atoms in total. The van der Waals surface area contributed by atoms with Crippen molar-refractivity contribution < 1.29 is 4.92 Å². The van der Waals surface area contributed by atoms with Crippen LogP contribution in [0.5, 0.6) is 0 Å². The molecule has 1 aromatic carbocycles. The van der Waals surface area contributed by atoms with E-state index < -0.39 is 4.92 Å². The Hall–Kier alpha value is -2.11. The number of benzene rings is 1. The highest BCUT2D eigenvalue weighted by atomic mass is 16.6. The van der Waals surface area contributed by atoms with Gasteiger partial charge in [-0.25, -0.2) is 4.98 Å². The summed E-state index contributed by atoms with van der Waals surface area (Å²) in [5.74, 6) is 1.01. The predicted molar refractivity (Wildman–Crippen MR) is 63.7 cm³/mol. The molecule has 0 unspecified atom stereocenters. The van der Waals surface area contributed by atoms with Gasteiger partial charge in [-0.3, -0.25) is 10.1 Å². The fourth-order valence-corrected chi connectivity index (χ4v) is 2.38. The van der Waals surface area contributed by atoms with Crippen LogP contribution < -0.4 is 5.73 Å². The molecule has 1 aliphatic rings. The minimum Gasteiger partial charge on any atom is -0.393 e. The first-order valence-corrected chi connectivity index (χ1v) is 5.60. The van der Waals surface area contributed by atoms with Gasteiger partial charge in [-0.15, -0.1) is 0 Å². The second kappa shape index (κ2) is 3.44. The smallest absolute Gasteiger partial charge is 0.294 e. The van der Waals surface area contributed by atoms with Gasteiger partial charge in [-0.05, 0) is 18.9 Å². The van der Waals surface area contributed by atoms with Crippen LogP contribution in [0, 0.1) is 10.1 Å².